The van der Waals surface area contributed by atoms with Crippen LogP contribution in [0.25, 0.3) is 0 Å². The SMILES string of the molecule is COc1cc(C)cc(C(=O)NC(Cc2ccccc2)C(N)=O)c1O. The molecule has 6 nitrogen and oxygen atoms in total. The summed E-state index contributed by atoms with van der Waals surface area (Å²) in [4.78, 5) is 24.1. The zero-order valence-electron chi connectivity index (χ0n) is 13.6. The number of nitrogens with two attached hydrogens (primary N) is 1. The van der Waals surface area contributed by atoms with Crippen LogP contribution in [-0.2, 0) is 11.2 Å². The summed E-state index contributed by atoms with van der Waals surface area (Å²) in [5.41, 5.74) is 7.04. The van der Waals surface area contributed by atoms with Crippen LogP contribution in [0.4, 0.5) is 0 Å². The van der Waals surface area contributed by atoms with Gasteiger partial charge in [0.05, 0.1) is 12.7 Å². The number of methoxy groups -OCH3 is 1. The number of carbonyl (C=O) groups is 2. The van der Waals surface area contributed by atoms with Crippen LogP contribution in [0.2, 0.25) is 0 Å². The average molecular weight is 328 g/mol. The Labute approximate surface area is 140 Å². The van der Waals surface area contributed by atoms with Crippen LogP contribution in [0.15, 0.2) is 42.5 Å². The molecule has 2 aromatic carbocycles. The summed E-state index contributed by atoms with van der Waals surface area (Å²) in [5.74, 6) is -1.32. The van der Waals surface area contributed by atoms with Crippen molar-refractivity contribution < 1.29 is 19.4 Å². The first-order valence-corrected chi connectivity index (χ1v) is 7.44. The van der Waals surface area contributed by atoms with Crippen molar-refractivity contribution in [3.8, 4) is 11.5 Å². The molecule has 0 aliphatic rings. The minimum absolute atomic E-state index is 0.0335. The van der Waals surface area contributed by atoms with Crippen molar-refractivity contribution in [2.24, 2.45) is 5.73 Å². The van der Waals surface area contributed by atoms with Crippen molar-refractivity contribution in [1.82, 2.24) is 5.32 Å². The summed E-state index contributed by atoms with van der Waals surface area (Å²) in [6.07, 6.45) is 0.269. The van der Waals surface area contributed by atoms with E-state index in [-0.39, 0.29) is 23.5 Å². The number of phenols is 1. The Hall–Kier alpha value is -3.02. The van der Waals surface area contributed by atoms with Gasteiger partial charge in [-0.25, -0.2) is 0 Å². The molecular formula is C18H20N2O4. The number of amides is 2. The molecule has 2 aromatic rings. The predicted molar refractivity (Wildman–Crippen MR) is 90.0 cm³/mol. The van der Waals surface area contributed by atoms with Crippen LogP contribution in [0, 0.1) is 6.92 Å². The zero-order valence-corrected chi connectivity index (χ0v) is 13.6. The Kier molecular flexibility index (Phi) is 5.42. The second kappa shape index (κ2) is 7.50. The van der Waals surface area contributed by atoms with Crippen molar-refractivity contribution in [3.05, 3.63) is 59.2 Å². The first-order valence-electron chi connectivity index (χ1n) is 7.44. The van der Waals surface area contributed by atoms with Crippen molar-refractivity contribution in [3.63, 3.8) is 0 Å². The first kappa shape index (κ1) is 17.3. The van der Waals surface area contributed by atoms with Crippen LogP contribution in [0.1, 0.15) is 21.5 Å². The highest BCUT2D eigenvalue weighted by molar-refractivity contribution is 6.00. The lowest BCUT2D eigenvalue weighted by Gasteiger charge is -2.17. The number of aromatic hydroxyl groups is 1. The highest BCUT2D eigenvalue weighted by atomic mass is 16.5. The van der Waals surface area contributed by atoms with Crippen molar-refractivity contribution >= 4 is 11.8 Å². The minimum atomic E-state index is -0.884. The molecule has 0 bridgehead atoms. The lowest BCUT2D eigenvalue weighted by molar-refractivity contribution is -0.119. The molecule has 0 saturated heterocycles. The molecule has 6 heteroatoms. The molecule has 0 fully saturated rings. The van der Waals surface area contributed by atoms with E-state index in [0.717, 1.165) is 11.1 Å². The van der Waals surface area contributed by atoms with Gasteiger partial charge in [-0.1, -0.05) is 30.3 Å². The van der Waals surface area contributed by atoms with Crippen molar-refractivity contribution in [2.75, 3.05) is 7.11 Å². The molecule has 4 N–H and O–H groups in total. The number of hydrogen-bond acceptors (Lipinski definition) is 4. The number of ether oxygens (including phenoxy) is 1. The number of nitrogens with one attached hydrogen (secondary N) is 1. The Morgan fingerprint density at radius 3 is 2.50 bits per heavy atom. The van der Waals surface area contributed by atoms with E-state index in [9.17, 15) is 14.7 Å². The minimum Gasteiger partial charge on any atom is -0.504 e. The topological polar surface area (TPSA) is 102 Å². The van der Waals surface area contributed by atoms with Crippen LogP contribution in [0.3, 0.4) is 0 Å². The molecule has 0 spiro atoms. The van der Waals surface area contributed by atoms with Gasteiger partial charge in [0.1, 0.15) is 6.04 Å². The van der Waals surface area contributed by atoms with E-state index in [4.69, 9.17) is 10.5 Å². The van der Waals surface area contributed by atoms with Gasteiger partial charge in [0.15, 0.2) is 11.5 Å². The van der Waals surface area contributed by atoms with Crippen LogP contribution in [0.5, 0.6) is 11.5 Å². The molecule has 0 aromatic heterocycles. The maximum absolute atomic E-state index is 12.5. The van der Waals surface area contributed by atoms with E-state index in [0.29, 0.717) is 0 Å². The van der Waals surface area contributed by atoms with Gasteiger partial charge < -0.3 is 20.9 Å². The third-order valence-electron chi connectivity index (χ3n) is 3.62. The molecule has 0 heterocycles. The number of carbonyl (C=O) groups excluding carboxylic acids is 2. The molecule has 0 radical (unpaired) electrons. The number of hydrogen-bond donors (Lipinski definition) is 3. The molecule has 0 saturated carbocycles. The van der Waals surface area contributed by atoms with Gasteiger partial charge in [-0.2, -0.15) is 0 Å². The third-order valence-corrected chi connectivity index (χ3v) is 3.62. The highest BCUT2D eigenvalue weighted by Gasteiger charge is 2.22. The molecule has 0 aliphatic carbocycles. The van der Waals surface area contributed by atoms with Gasteiger partial charge >= 0.3 is 0 Å². The molecule has 2 rings (SSSR count). The highest BCUT2D eigenvalue weighted by Crippen LogP contribution is 2.31. The summed E-state index contributed by atoms with van der Waals surface area (Å²) in [5, 5.41) is 12.7. The van der Waals surface area contributed by atoms with E-state index in [1.54, 1.807) is 13.0 Å². The third kappa shape index (κ3) is 4.04. The van der Waals surface area contributed by atoms with E-state index in [1.165, 1.54) is 13.2 Å². The van der Waals surface area contributed by atoms with Gasteiger partial charge in [0.25, 0.3) is 5.91 Å². The molecule has 1 atom stereocenters. The summed E-state index contributed by atoms with van der Waals surface area (Å²) < 4.78 is 5.04. The predicted octanol–water partition coefficient (Wildman–Crippen LogP) is 1.54. The van der Waals surface area contributed by atoms with Gasteiger partial charge in [-0.05, 0) is 30.2 Å². The lowest BCUT2D eigenvalue weighted by atomic mass is 10.0. The van der Waals surface area contributed by atoms with E-state index in [1.807, 2.05) is 30.3 Å². The first-order chi connectivity index (χ1) is 11.4. The Morgan fingerprint density at radius 1 is 1.25 bits per heavy atom. The fourth-order valence-electron chi connectivity index (χ4n) is 2.38. The van der Waals surface area contributed by atoms with Gasteiger partial charge in [-0.15, -0.1) is 0 Å². The number of phenolic OH excluding ortho intramolecular Hbond substituents is 1. The zero-order chi connectivity index (χ0) is 17.7. The molecule has 126 valence electrons. The second-order valence-electron chi connectivity index (χ2n) is 5.48. The average Bonchev–Trinajstić information content (AvgIpc) is 2.56. The van der Waals surface area contributed by atoms with E-state index < -0.39 is 17.9 Å². The molecular weight excluding hydrogens is 308 g/mol. The molecule has 24 heavy (non-hydrogen) atoms. The van der Waals surface area contributed by atoms with E-state index in [2.05, 4.69) is 5.32 Å². The number of primary amides is 1. The Balaban J connectivity index is 2.22. The normalized spacial score (nSPS) is 11.6. The van der Waals surface area contributed by atoms with Crippen LogP contribution in [-0.4, -0.2) is 30.1 Å². The Bertz CT molecular complexity index is 744. The summed E-state index contributed by atoms with van der Waals surface area (Å²) in [6, 6.07) is 11.5. The summed E-state index contributed by atoms with van der Waals surface area (Å²) in [7, 11) is 1.40. The van der Waals surface area contributed by atoms with Crippen LogP contribution < -0.4 is 15.8 Å². The van der Waals surface area contributed by atoms with Crippen molar-refractivity contribution in [1.29, 1.82) is 0 Å². The van der Waals surface area contributed by atoms with Gasteiger partial charge in [0.2, 0.25) is 5.91 Å². The maximum Gasteiger partial charge on any atom is 0.255 e. The fourth-order valence-corrected chi connectivity index (χ4v) is 2.38. The number of rotatable bonds is 6. The molecule has 0 aliphatic heterocycles. The van der Waals surface area contributed by atoms with Gasteiger partial charge in [-0.3, -0.25) is 9.59 Å². The molecule has 2 amide bonds. The maximum atomic E-state index is 12.5. The number of aryl methyl sites for hydroxylation is 1. The summed E-state index contributed by atoms with van der Waals surface area (Å²) in [6.45, 7) is 1.77. The Morgan fingerprint density at radius 2 is 1.92 bits per heavy atom. The smallest absolute Gasteiger partial charge is 0.255 e. The van der Waals surface area contributed by atoms with Crippen LogP contribution >= 0.6 is 0 Å². The van der Waals surface area contributed by atoms with Gasteiger partial charge in [0, 0.05) is 6.42 Å². The monoisotopic (exact) mass is 328 g/mol. The quantitative estimate of drug-likeness (QED) is 0.748. The number of benzene rings is 2. The fraction of sp³-hybridized carbons (Fsp3) is 0.222. The van der Waals surface area contributed by atoms with Crippen molar-refractivity contribution in [2.45, 2.75) is 19.4 Å². The summed E-state index contributed by atoms with van der Waals surface area (Å²) >= 11 is 0. The second-order valence-corrected chi connectivity index (χ2v) is 5.48. The largest absolute Gasteiger partial charge is 0.504 e. The standard InChI is InChI=1S/C18H20N2O4/c1-11-8-13(16(21)15(9-11)24-2)18(23)20-14(17(19)22)10-12-6-4-3-5-7-12/h3-9,14,21H,10H2,1-2H3,(H2,19,22)(H,20,23). The van der Waals surface area contributed by atoms with E-state index >= 15 is 0 Å². The molecule has 1 unspecified atom stereocenters. The lowest BCUT2D eigenvalue weighted by Crippen LogP contribution is -2.45.